The number of nitrogens with zero attached hydrogens (tertiary/aromatic N) is 3. The summed E-state index contributed by atoms with van der Waals surface area (Å²) in [5, 5.41) is 1.09. The molecule has 1 aromatic heterocycles. The average Bonchev–Trinajstić information content (AvgIpc) is 3.32. The van der Waals surface area contributed by atoms with Gasteiger partial charge in [0.1, 0.15) is 18.0 Å². The molecule has 0 N–H and O–H groups in total. The highest BCUT2D eigenvalue weighted by Gasteiger charge is 2.39. The first-order chi connectivity index (χ1) is 13.7. The van der Waals surface area contributed by atoms with Gasteiger partial charge in [0.25, 0.3) is 5.17 Å². The lowest BCUT2D eigenvalue weighted by atomic mass is 10.00. The van der Waals surface area contributed by atoms with Gasteiger partial charge in [0.15, 0.2) is 0 Å². The minimum Gasteiger partial charge on any atom is -0.460 e. The van der Waals surface area contributed by atoms with Crippen molar-refractivity contribution in [2.45, 2.75) is 51.4 Å². The van der Waals surface area contributed by atoms with Gasteiger partial charge in [0, 0.05) is 18.9 Å². The first kappa shape index (κ1) is 21.9. The SMILES string of the molecule is CC(C)(C)OC(=O)N1CCC[C@H]1C(OC(=S)n1ccnc1)c1ccc(Cl)c(Cl)c1. The standard InChI is InChI=1S/C20H23Cl2N3O3S/c1-20(2,3)28-18(26)25-9-4-5-16(25)17(13-6-7-14(21)15(22)11-13)27-19(29)24-10-8-23-12-24/h6-8,10-12,16-17H,4-5,9H2,1-3H3/t16-,17?/m0/s1. The van der Waals surface area contributed by atoms with Crippen LogP contribution in [0.2, 0.25) is 10.0 Å². The number of thiocarbonyl (C=S) groups is 1. The molecular formula is C20H23Cl2N3O3S. The van der Waals surface area contributed by atoms with Crippen LogP contribution < -0.4 is 0 Å². The molecule has 1 amide bonds. The number of imidazole rings is 1. The highest BCUT2D eigenvalue weighted by molar-refractivity contribution is 7.80. The topological polar surface area (TPSA) is 56.6 Å². The number of halogens is 2. The maximum absolute atomic E-state index is 12.8. The number of hydrogen-bond acceptors (Lipinski definition) is 5. The van der Waals surface area contributed by atoms with E-state index in [4.69, 9.17) is 44.9 Å². The molecule has 6 nitrogen and oxygen atoms in total. The molecule has 156 valence electrons. The second-order valence-corrected chi connectivity index (χ2v) is 8.99. The van der Waals surface area contributed by atoms with E-state index in [1.165, 1.54) is 0 Å². The first-order valence-corrected chi connectivity index (χ1v) is 10.5. The van der Waals surface area contributed by atoms with Crippen LogP contribution in [-0.2, 0) is 9.47 Å². The van der Waals surface area contributed by atoms with Crippen molar-refractivity contribution in [1.82, 2.24) is 14.5 Å². The smallest absolute Gasteiger partial charge is 0.410 e. The quantitative estimate of drug-likeness (QED) is 0.573. The summed E-state index contributed by atoms with van der Waals surface area (Å²) in [6.07, 6.45) is 5.56. The van der Waals surface area contributed by atoms with E-state index in [9.17, 15) is 4.79 Å². The van der Waals surface area contributed by atoms with Crippen molar-refractivity contribution < 1.29 is 14.3 Å². The number of likely N-dealkylation sites (tertiary alicyclic amines) is 1. The number of amides is 1. The Hall–Kier alpha value is -1.83. The van der Waals surface area contributed by atoms with Crippen LogP contribution in [-0.4, -0.2) is 43.9 Å². The molecule has 1 unspecified atom stereocenters. The highest BCUT2D eigenvalue weighted by Crippen LogP contribution is 2.36. The third-order valence-corrected chi connectivity index (χ3v) is 5.54. The number of ether oxygens (including phenoxy) is 2. The Morgan fingerprint density at radius 1 is 1.31 bits per heavy atom. The lowest BCUT2D eigenvalue weighted by molar-refractivity contribution is 0.00710. The zero-order chi connectivity index (χ0) is 21.2. The second-order valence-electron chi connectivity index (χ2n) is 7.83. The highest BCUT2D eigenvalue weighted by atomic mass is 35.5. The van der Waals surface area contributed by atoms with Gasteiger partial charge in [-0.05, 0) is 63.5 Å². The van der Waals surface area contributed by atoms with Crippen molar-refractivity contribution in [2.75, 3.05) is 6.54 Å². The number of carbonyl (C=O) groups excluding carboxylic acids is 1. The molecule has 1 aliphatic rings. The number of carbonyl (C=O) groups is 1. The minimum absolute atomic E-state index is 0.231. The molecule has 2 aromatic rings. The Bertz CT molecular complexity index is 884. The van der Waals surface area contributed by atoms with Crippen LogP contribution >= 0.6 is 35.4 Å². The Morgan fingerprint density at radius 3 is 2.69 bits per heavy atom. The van der Waals surface area contributed by atoms with Gasteiger partial charge in [-0.25, -0.2) is 9.78 Å². The summed E-state index contributed by atoms with van der Waals surface area (Å²) in [4.78, 5) is 18.5. The molecular weight excluding hydrogens is 433 g/mol. The molecule has 1 fully saturated rings. The van der Waals surface area contributed by atoms with Crippen LogP contribution in [0.3, 0.4) is 0 Å². The molecule has 0 bridgehead atoms. The first-order valence-electron chi connectivity index (χ1n) is 9.29. The fourth-order valence-electron chi connectivity index (χ4n) is 3.25. The van der Waals surface area contributed by atoms with Crippen molar-refractivity contribution in [1.29, 1.82) is 0 Å². The van der Waals surface area contributed by atoms with Crippen molar-refractivity contribution in [2.24, 2.45) is 0 Å². The zero-order valence-corrected chi connectivity index (χ0v) is 18.8. The Labute approximate surface area is 185 Å². The van der Waals surface area contributed by atoms with Crippen molar-refractivity contribution in [3.8, 4) is 0 Å². The summed E-state index contributed by atoms with van der Waals surface area (Å²) in [6.45, 7) is 6.11. The Morgan fingerprint density at radius 2 is 2.07 bits per heavy atom. The summed E-state index contributed by atoms with van der Waals surface area (Å²) < 4.78 is 13.4. The molecule has 9 heteroatoms. The van der Waals surface area contributed by atoms with Gasteiger partial charge >= 0.3 is 6.09 Å². The van der Waals surface area contributed by atoms with Crippen LogP contribution in [0, 0.1) is 0 Å². The van der Waals surface area contributed by atoms with Crippen molar-refractivity contribution in [3.63, 3.8) is 0 Å². The molecule has 29 heavy (non-hydrogen) atoms. The molecule has 0 radical (unpaired) electrons. The Kier molecular flexibility index (Phi) is 6.71. The Balaban J connectivity index is 1.91. The lowest BCUT2D eigenvalue weighted by Crippen LogP contribution is -2.43. The largest absolute Gasteiger partial charge is 0.460 e. The van der Waals surface area contributed by atoms with Gasteiger partial charge in [-0.2, -0.15) is 0 Å². The number of rotatable bonds is 3. The fourth-order valence-corrected chi connectivity index (χ4v) is 3.77. The van der Waals surface area contributed by atoms with Gasteiger partial charge in [-0.15, -0.1) is 0 Å². The molecule has 0 spiro atoms. The molecule has 3 rings (SSSR count). The molecule has 0 saturated carbocycles. The second kappa shape index (κ2) is 8.90. The van der Waals surface area contributed by atoms with Crippen LogP contribution in [0.5, 0.6) is 0 Å². The average molecular weight is 456 g/mol. The van der Waals surface area contributed by atoms with Gasteiger partial charge in [0.2, 0.25) is 0 Å². The maximum Gasteiger partial charge on any atom is 0.410 e. The number of benzene rings is 1. The third-order valence-electron chi connectivity index (χ3n) is 4.49. The van der Waals surface area contributed by atoms with E-state index in [-0.39, 0.29) is 17.3 Å². The van der Waals surface area contributed by atoms with Crippen LogP contribution in [0.1, 0.15) is 45.3 Å². The van der Waals surface area contributed by atoms with E-state index >= 15 is 0 Å². The summed E-state index contributed by atoms with van der Waals surface area (Å²) in [5.74, 6) is 0. The van der Waals surface area contributed by atoms with E-state index in [1.807, 2.05) is 26.8 Å². The molecule has 0 aliphatic carbocycles. The number of hydrogen-bond donors (Lipinski definition) is 0. The van der Waals surface area contributed by atoms with Crippen molar-refractivity contribution in [3.05, 3.63) is 52.5 Å². The molecule has 1 aromatic carbocycles. The molecule has 1 aliphatic heterocycles. The van der Waals surface area contributed by atoms with Crippen LogP contribution in [0.15, 0.2) is 36.9 Å². The van der Waals surface area contributed by atoms with E-state index in [0.29, 0.717) is 16.6 Å². The maximum atomic E-state index is 12.8. The summed E-state index contributed by atoms with van der Waals surface area (Å²) in [5.41, 5.74) is 0.193. The molecule has 1 saturated heterocycles. The van der Waals surface area contributed by atoms with Gasteiger partial charge in [-0.1, -0.05) is 29.3 Å². The van der Waals surface area contributed by atoms with Crippen LogP contribution in [0.4, 0.5) is 4.79 Å². The normalized spacial score (nSPS) is 17.8. The molecule has 2 atom stereocenters. The van der Waals surface area contributed by atoms with E-state index in [2.05, 4.69) is 4.98 Å². The predicted octanol–water partition coefficient (Wildman–Crippen LogP) is 5.48. The summed E-state index contributed by atoms with van der Waals surface area (Å²) in [6, 6.07) is 5.03. The predicted molar refractivity (Wildman–Crippen MR) is 116 cm³/mol. The zero-order valence-electron chi connectivity index (χ0n) is 16.5. The fraction of sp³-hybridized carbons (Fsp3) is 0.450. The lowest BCUT2D eigenvalue weighted by Gasteiger charge is -2.33. The third kappa shape index (κ3) is 5.41. The van der Waals surface area contributed by atoms with Gasteiger partial charge < -0.3 is 14.4 Å². The monoisotopic (exact) mass is 455 g/mol. The van der Waals surface area contributed by atoms with Crippen LogP contribution in [0.25, 0.3) is 0 Å². The summed E-state index contributed by atoms with van der Waals surface area (Å²) >= 11 is 17.8. The van der Waals surface area contributed by atoms with E-state index < -0.39 is 11.7 Å². The van der Waals surface area contributed by atoms with Crippen molar-refractivity contribution >= 4 is 46.7 Å². The number of aromatic nitrogens is 2. The van der Waals surface area contributed by atoms with Gasteiger partial charge in [-0.3, -0.25) is 4.57 Å². The van der Waals surface area contributed by atoms with Gasteiger partial charge in [0.05, 0.1) is 16.1 Å². The minimum atomic E-state index is -0.587. The summed E-state index contributed by atoms with van der Waals surface area (Å²) in [7, 11) is 0. The van der Waals surface area contributed by atoms with E-state index in [1.54, 1.807) is 40.3 Å². The molecule has 2 heterocycles. The van der Waals surface area contributed by atoms with E-state index in [0.717, 1.165) is 18.4 Å².